The number of aliphatic hydroxyl groups excluding tert-OH is 1. The molecule has 1 aromatic heterocycles. The van der Waals surface area contributed by atoms with Gasteiger partial charge in [0.2, 0.25) is 0 Å². The lowest BCUT2D eigenvalue weighted by atomic mass is 9.98. The van der Waals surface area contributed by atoms with E-state index in [-0.39, 0.29) is 6.10 Å². The van der Waals surface area contributed by atoms with E-state index >= 15 is 0 Å². The van der Waals surface area contributed by atoms with Gasteiger partial charge in [-0.05, 0) is 23.8 Å². The lowest BCUT2D eigenvalue weighted by Gasteiger charge is -2.14. The van der Waals surface area contributed by atoms with E-state index in [2.05, 4.69) is 10.3 Å². The molecule has 0 spiro atoms. The number of aryl methyl sites for hydroxylation is 1. The third kappa shape index (κ3) is 2.27. The van der Waals surface area contributed by atoms with Crippen LogP contribution in [-0.4, -0.2) is 37.7 Å². The number of hydrogen-bond acceptors (Lipinski definition) is 4. The molecule has 2 heterocycles. The highest BCUT2D eigenvalue weighted by Crippen LogP contribution is 2.27. The molecule has 14 heavy (non-hydrogen) atoms. The molecule has 0 amide bonds. The number of aliphatic hydroxyl groups is 1. The smallest absolute Gasteiger partial charge is 0.0852 e. The highest BCUT2D eigenvalue weighted by atomic mass is 32.2. The van der Waals surface area contributed by atoms with Crippen molar-refractivity contribution in [1.29, 1.82) is 0 Å². The van der Waals surface area contributed by atoms with E-state index in [0.717, 1.165) is 17.9 Å². The van der Waals surface area contributed by atoms with Gasteiger partial charge in [0.25, 0.3) is 0 Å². The summed E-state index contributed by atoms with van der Waals surface area (Å²) in [5.74, 6) is 2.71. The Labute approximate surface area is 87.7 Å². The topological polar surface area (TPSA) is 50.9 Å². The highest BCUT2D eigenvalue weighted by Gasteiger charge is 2.24. The van der Waals surface area contributed by atoms with Gasteiger partial charge >= 0.3 is 0 Å². The van der Waals surface area contributed by atoms with Gasteiger partial charge in [-0.15, -0.1) is 5.10 Å². The molecule has 2 unspecified atom stereocenters. The van der Waals surface area contributed by atoms with Crippen molar-refractivity contribution in [1.82, 2.24) is 15.0 Å². The molecule has 0 saturated carbocycles. The molecule has 1 aliphatic rings. The van der Waals surface area contributed by atoms with Crippen LogP contribution in [0, 0.1) is 5.92 Å². The Balaban J connectivity index is 1.90. The van der Waals surface area contributed by atoms with Gasteiger partial charge in [0.15, 0.2) is 0 Å². The van der Waals surface area contributed by atoms with E-state index in [4.69, 9.17) is 0 Å². The van der Waals surface area contributed by atoms with Crippen LogP contribution in [0.15, 0.2) is 6.20 Å². The molecule has 1 aliphatic heterocycles. The normalized spacial score (nSPS) is 24.0. The van der Waals surface area contributed by atoms with Crippen LogP contribution in [-0.2, 0) is 13.5 Å². The Kier molecular flexibility index (Phi) is 3.08. The lowest BCUT2D eigenvalue weighted by molar-refractivity contribution is 0.119. The zero-order valence-corrected chi connectivity index (χ0v) is 9.07. The van der Waals surface area contributed by atoms with E-state index in [1.54, 1.807) is 4.68 Å². The Morgan fingerprint density at radius 3 is 3.21 bits per heavy atom. The van der Waals surface area contributed by atoms with Crippen molar-refractivity contribution < 1.29 is 5.11 Å². The minimum Gasteiger partial charge on any atom is -0.392 e. The van der Waals surface area contributed by atoms with Crippen LogP contribution in [0.1, 0.15) is 12.1 Å². The zero-order valence-electron chi connectivity index (χ0n) is 8.26. The number of thioether (sulfide) groups is 1. The monoisotopic (exact) mass is 213 g/mol. The molecule has 1 fully saturated rings. The van der Waals surface area contributed by atoms with E-state index in [1.807, 2.05) is 25.0 Å². The van der Waals surface area contributed by atoms with E-state index in [1.165, 1.54) is 5.75 Å². The summed E-state index contributed by atoms with van der Waals surface area (Å²) in [6.07, 6.45) is 3.39. The molecular formula is C9H15N3OS. The molecule has 5 heteroatoms. The first-order valence-corrected chi connectivity index (χ1v) is 6.02. The fraction of sp³-hybridized carbons (Fsp3) is 0.778. The van der Waals surface area contributed by atoms with Crippen LogP contribution in [0.25, 0.3) is 0 Å². The quantitative estimate of drug-likeness (QED) is 0.793. The zero-order chi connectivity index (χ0) is 9.97. The molecule has 4 nitrogen and oxygen atoms in total. The van der Waals surface area contributed by atoms with Crippen LogP contribution in [0.2, 0.25) is 0 Å². The Morgan fingerprint density at radius 2 is 2.64 bits per heavy atom. The largest absolute Gasteiger partial charge is 0.392 e. The van der Waals surface area contributed by atoms with Gasteiger partial charge in [-0.25, -0.2) is 0 Å². The van der Waals surface area contributed by atoms with Crippen LogP contribution in [0.4, 0.5) is 0 Å². The van der Waals surface area contributed by atoms with E-state index < -0.39 is 0 Å². The van der Waals surface area contributed by atoms with Gasteiger partial charge in [-0.2, -0.15) is 11.8 Å². The summed E-state index contributed by atoms with van der Waals surface area (Å²) in [5.41, 5.74) is 0.886. The molecule has 0 aliphatic carbocycles. The van der Waals surface area contributed by atoms with Crippen LogP contribution >= 0.6 is 11.8 Å². The third-order valence-electron chi connectivity index (χ3n) is 2.58. The van der Waals surface area contributed by atoms with Crippen molar-refractivity contribution in [3.05, 3.63) is 11.9 Å². The predicted octanol–water partition coefficient (Wildman–Crippen LogP) is 0.472. The fourth-order valence-corrected chi connectivity index (χ4v) is 3.05. The van der Waals surface area contributed by atoms with Gasteiger partial charge in [0, 0.05) is 19.7 Å². The van der Waals surface area contributed by atoms with Crippen LogP contribution in [0.5, 0.6) is 0 Å². The standard InChI is InChI=1S/C9H15N3OS/c1-12-5-8(10-11-12)4-9(13)7-2-3-14-6-7/h5,7,9,13H,2-4,6H2,1H3. The summed E-state index contributed by atoms with van der Waals surface area (Å²) in [6.45, 7) is 0. The van der Waals surface area contributed by atoms with Crippen molar-refractivity contribution in [3.63, 3.8) is 0 Å². The second kappa shape index (κ2) is 4.31. The van der Waals surface area contributed by atoms with Crippen molar-refractivity contribution in [3.8, 4) is 0 Å². The summed E-state index contributed by atoms with van der Waals surface area (Å²) in [6, 6.07) is 0. The van der Waals surface area contributed by atoms with Crippen molar-refractivity contribution in [2.75, 3.05) is 11.5 Å². The molecule has 1 saturated heterocycles. The van der Waals surface area contributed by atoms with Gasteiger partial charge in [0.05, 0.1) is 11.8 Å². The second-order valence-electron chi connectivity index (χ2n) is 3.78. The van der Waals surface area contributed by atoms with Gasteiger partial charge in [-0.3, -0.25) is 4.68 Å². The van der Waals surface area contributed by atoms with Gasteiger partial charge in [-0.1, -0.05) is 5.21 Å². The average Bonchev–Trinajstić information content (AvgIpc) is 2.75. The number of rotatable bonds is 3. The molecule has 0 radical (unpaired) electrons. The molecule has 1 aromatic rings. The van der Waals surface area contributed by atoms with Crippen LogP contribution in [0.3, 0.4) is 0 Å². The van der Waals surface area contributed by atoms with E-state index in [0.29, 0.717) is 12.3 Å². The maximum Gasteiger partial charge on any atom is 0.0852 e. The average molecular weight is 213 g/mol. The van der Waals surface area contributed by atoms with Gasteiger partial charge < -0.3 is 5.11 Å². The summed E-state index contributed by atoms with van der Waals surface area (Å²) in [7, 11) is 1.84. The predicted molar refractivity (Wildman–Crippen MR) is 56.1 cm³/mol. The van der Waals surface area contributed by atoms with Crippen molar-refractivity contribution in [2.45, 2.75) is 18.9 Å². The molecule has 0 bridgehead atoms. The summed E-state index contributed by atoms with van der Waals surface area (Å²) in [4.78, 5) is 0. The molecule has 0 aromatic carbocycles. The number of nitrogens with zero attached hydrogens (tertiary/aromatic N) is 3. The maximum atomic E-state index is 9.92. The molecule has 1 N–H and O–H groups in total. The molecule has 78 valence electrons. The summed E-state index contributed by atoms with van der Waals surface area (Å²) >= 11 is 1.93. The Morgan fingerprint density at radius 1 is 1.79 bits per heavy atom. The second-order valence-corrected chi connectivity index (χ2v) is 4.93. The minimum absolute atomic E-state index is 0.248. The first kappa shape index (κ1) is 9.98. The summed E-state index contributed by atoms with van der Waals surface area (Å²) in [5, 5.41) is 17.7. The lowest BCUT2D eigenvalue weighted by Crippen LogP contribution is -2.22. The highest BCUT2D eigenvalue weighted by molar-refractivity contribution is 7.99. The van der Waals surface area contributed by atoms with E-state index in [9.17, 15) is 5.11 Å². The van der Waals surface area contributed by atoms with Crippen LogP contribution < -0.4 is 0 Å². The molecular weight excluding hydrogens is 198 g/mol. The SMILES string of the molecule is Cn1cc(CC(O)C2CCSC2)nn1. The first-order chi connectivity index (χ1) is 6.75. The fourth-order valence-electron chi connectivity index (χ4n) is 1.73. The number of aromatic nitrogens is 3. The first-order valence-electron chi connectivity index (χ1n) is 4.86. The molecule has 2 rings (SSSR count). The molecule has 2 atom stereocenters. The van der Waals surface area contributed by atoms with Gasteiger partial charge in [0.1, 0.15) is 0 Å². The summed E-state index contributed by atoms with van der Waals surface area (Å²) < 4.78 is 1.67. The van der Waals surface area contributed by atoms with Crippen molar-refractivity contribution in [2.24, 2.45) is 13.0 Å². The van der Waals surface area contributed by atoms with Crippen molar-refractivity contribution >= 4 is 11.8 Å². The number of hydrogen-bond donors (Lipinski definition) is 1. The maximum absolute atomic E-state index is 9.92. The minimum atomic E-state index is -0.248. The third-order valence-corrected chi connectivity index (χ3v) is 3.77. The Bertz CT molecular complexity index is 296. The Hall–Kier alpha value is -0.550.